The van der Waals surface area contributed by atoms with Crippen molar-refractivity contribution in [2.45, 2.75) is 38.2 Å². The number of hydrogen-bond acceptors (Lipinski definition) is 3. The van der Waals surface area contributed by atoms with Crippen molar-refractivity contribution in [1.82, 2.24) is 9.97 Å². The van der Waals surface area contributed by atoms with Crippen LogP contribution in [0.25, 0.3) is 0 Å². The molecule has 1 atom stereocenters. The lowest BCUT2D eigenvalue weighted by Gasteiger charge is -2.38. The molecule has 0 amide bonds. The van der Waals surface area contributed by atoms with Crippen molar-refractivity contribution in [1.29, 1.82) is 0 Å². The number of anilines is 1. The van der Waals surface area contributed by atoms with Gasteiger partial charge in [0, 0.05) is 24.6 Å². The van der Waals surface area contributed by atoms with Crippen molar-refractivity contribution in [3.63, 3.8) is 0 Å². The molecule has 3 rings (SSSR count). The maximum Gasteiger partial charge on any atom is 0.290 e. The van der Waals surface area contributed by atoms with Crippen LogP contribution in [-0.4, -0.2) is 22.6 Å². The van der Waals surface area contributed by atoms with Crippen LogP contribution in [0.15, 0.2) is 0 Å². The number of nitrogens with zero attached hydrogens (tertiary/aromatic N) is 3. The Bertz CT molecular complexity index is 478. The van der Waals surface area contributed by atoms with Gasteiger partial charge in [0.1, 0.15) is 10.8 Å². The smallest absolute Gasteiger partial charge is 0.290 e. The van der Waals surface area contributed by atoms with Crippen molar-refractivity contribution in [2.75, 3.05) is 11.4 Å². The van der Waals surface area contributed by atoms with Crippen molar-refractivity contribution in [3.05, 3.63) is 16.4 Å². The van der Waals surface area contributed by atoms with Crippen LogP contribution >= 0.6 is 11.6 Å². The third-order valence-corrected chi connectivity index (χ3v) is 3.87. The van der Waals surface area contributed by atoms with E-state index in [1.165, 1.54) is 0 Å². The number of fused-ring (bicyclic) bond motifs is 1. The van der Waals surface area contributed by atoms with Crippen molar-refractivity contribution in [2.24, 2.45) is 0 Å². The molecule has 0 radical (unpaired) electrons. The minimum absolute atomic E-state index is 0.174. The number of halogens is 3. The summed E-state index contributed by atoms with van der Waals surface area (Å²) < 4.78 is 27.2. The highest BCUT2D eigenvalue weighted by molar-refractivity contribution is 6.30. The van der Waals surface area contributed by atoms with Gasteiger partial charge in [-0.15, -0.1) is 0 Å². The fraction of sp³-hybridized carbons (Fsp3) is 0.636. The van der Waals surface area contributed by atoms with Gasteiger partial charge in [0.2, 0.25) is 5.95 Å². The molecule has 0 saturated carbocycles. The van der Waals surface area contributed by atoms with Gasteiger partial charge >= 0.3 is 0 Å². The largest absolute Gasteiger partial charge is 0.338 e. The van der Waals surface area contributed by atoms with Gasteiger partial charge in [0.05, 0.1) is 0 Å². The van der Waals surface area contributed by atoms with E-state index in [1.54, 1.807) is 0 Å². The minimum atomic E-state index is -2.86. The number of aromatic nitrogens is 2. The second kappa shape index (κ2) is 3.51. The summed E-state index contributed by atoms with van der Waals surface area (Å²) in [5, 5.41) is 0.182. The van der Waals surface area contributed by atoms with Crippen LogP contribution in [0.3, 0.4) is 0 Å². The van der Waals surface area contributed by atoms with Gasteiger partial charge in [-0.25, -0.2) is 9.97 Å². The van der Waals surface area contributed by atoms with Crippen LogP contribution in [0.2, 0.25) is 5.15 Å². The van der Waals surface area contributed by atoms with E-state index in [1.807, 2.05) is 11.8 Å². The predicted molar refractivity (Wildman–Crippen MR) is 60.7 cm³/mol. The zero-order valence-corrected chi connectivity index (χ0v) is 10.1. The Morgan fingerprint density at radius 1 is 1.41 bits per heavy atom. The van der Waals surface area contributed by atoms with E-state index in [-0.39, 0.29) is 23.7 Å². The topological polar surface area (TPSA) is 29.0 Å². The molecule has 0 aromatic carbocycles. The van der Waals surface area contributed by atoms with Crippen molar-refractivity contribution >= 4 is 17.5 Å². The fourth-order valence-corrected chi connectivity index (χ4v) is 2.57. The summed E-state index contributed by atoms with van der Waals surface area (Å²) in [5.41, 5.74) is 0.236. The molecule has 3 nitrogen and oxygen atoms in total. The molecule has 1 saturated heterocycles. The molecule has 1 aromatic rings. The normalized spacial score (nSPS) is 25.6. The first-order valence-corrected chi connectivity index (χ1v) is 6.08. The summed E-state index contributed by atoms with van der Waals surface area (Å²) in [4.78, 5) is 10.1. The van der Waals surface area contributed by atoms with Gasteiger partial charge in [0.25, 0.3) is 5.92 Å². The van der Waals surface area contributed by atoms with Crippen LogP contribution in [0.1, 0.15) is 31.0 Å². The molecule has 1 aliphatic carbocycles. The van der Waals surface area contributed by atoms with E-state index in [9.17, 15) is 8.78 Å². The minimum Gasteiger partial charge on any atom is -0.338 e. The first kappa shape index (κ1) is 11.1. The molecule has 2 heterocycles. The quantitative estimate of drug-likeness (QED) is 0.726. The van der Waals surface area contributed by atoms with Crippen LogP contribution in [0.5, 0.6) is 0 Å². The van der Waals surface area contributed by atoms with Crippen LogP contribution < -0.4 is 4.90 Å². The Kier molecular flexibility index (Phi) is 2.30. The fourth-order valence-electron chi connectivity index (χ4n) is 2.31. The Labute approximate surface area is 103 Å². The number of alkyl halides is 2. The number of hydrogen-bond donors (Lipinski definition) is 0. The van der Waals surface area contributed by atoms with E-state index >= 15 is 0 Å². The molecule has 0 unspecified atom stereocenters. The highest BCUT2D eigenvalue weighted by atomic mass is 35.5. The van der Waals surface area contributed by atoms with E-state index < -0.39 is 5.92 Å². The molecule has 6 heteroatoms. The first-order valence-electron chi connectivity index (χ1n) is 5.70. The highest BCUT2D eigenvalue weighted by Gasteiger charge is 2.43. The third-order valence-electron chi connectivity index (χ3n) is 3.56. The standard InChI is InChI=1S/C11H12ClF2N3/c1-6-3-5-17(6)10-15-8-7(9(12)16-10)2-4-11(8,13)14/h6H,2-5H2,1H3/t6-/m0/s1. The average molecular weight is 260 g/mol. The van der Waals surface area contributed by atoms with E-state index in [0.717, 1.165) is 13.0 Å². The van der Waals surface area contributed by atoms with Crippen LogP contribution in [0.4, 0.5) is 14.7 Å². The Morgan fingerprint density at radius 2 is 2.18 bits per heavy atom. The third kappa shape index (κ3) is 1.59. The zero-order chi connectivity index (χ0) is 12.2. The van der Waals surface area contributed by atoms with Gasteiger partial charge in [0.15, 0.2) is 0 Å². The molecular formula is C11H12ClF2N3. The monoisotopic (exact) mass is 259 g/mol. The molecule has 0 spiro atoms. The van der Waals surface area contributed by atoms with Crippen LogP contribution in [0, 0.1) is 0 Å². The maximum atomic E-state index is 13.6. The number of rotatable bonds is 1. The summed E-state index contributed by atoms with van der Waals surface area (Å²) in [7, 11) is 0. The van der Waals surface area contributed by atoms with E-state index in [4.69, 9.17) is 11.6 Å². The second-order valence-corrected chi connectivity index (χ2v) is 5.04. The summed E-state index contributed by atoms with van der Waals surface area (Å²) in [6, 6.07) is 0.305. The maximum absolute atomic E-state index is 13.6. The Morgan fingerprint density at radius 3 is 2.76 bits per heavy atom. The summed E-state index contributed by atoms with van der Waals surface area (Å²) >= 11 is 5.96. The molecule has 1 aromatic heterocycles. The van der Waals surface area contributed by atoms with Gasteiger partial charge in [-0.1, -0.05) is 11.6 Å². The van der Waals surface area contributed by atoms with Crippen molar-refractivity contribution < 1.29 is 8.78 Å². The van der Waals surface area contributed by atoms with E-state index in [0.29, 0.717) is 17.6 Å². The van der Waals surface area contributed by atoms with Gasteiger partial charge in [-0.05, 0) is 19.8 Å². The SMILES string of the molecule is C[C@H]1CCN1c1nc(Cl)c2c(n1)C(F)(F)CC2. The lowest BCUT2D eigenvalue weighted by Crippen LogP contribution is -2.46. The Hall–Kier alpha value is -0.970. The summed E-state index contributed by atoms with van der Waals surface area (Å²) in [6.45, 7) is 2.83. The van der Waals surface area contributed by atoms with Gasteiger partial charge in [-0.2, -0.15) is 8.78 Å². The molecule has 92 valence electrons. The molecule has 0 N–H and O–H groups in total. The molecule has 0 bridgehead atoms. The lowest BCUT2D eigenvalue weighted by molar-refractivity contribution is -0.00595. The predicted octanol–water partition coefficient (Wildman–Crippen LogP) is 2.77. The first-order chi connectivity index (χ1) is 7.99. The second-order valence-electron chi connectivity index (χ2n) is 4.68. The lowest BCUT2D eigenvalue weighted by atomic mass is 10.1. The highest BCUT2D eigenvalue weighted by Crippen LogP contribution is 2.43. The van der Waals surface area contributed by atoms with Crippen molar-refractivity contribution in [3.8, 4) is 0 Å². The molecule has 1 fully saturated rings. The Balaban J connectivity index is 2.06. The van der Waals surface area contributed by atoms with E-state index in [2.05, 4.69) is 9.97 Å². The molecular weight excluding hydrogens is 248 g/mol. The zero-order valence-electron chi connectivity index (χ0n) is 9.38. The summed E-state index contributed by atoms with van der Waals surface area (Å²) in [5.74, 6) is -2.51. The molecule has 17 heavy (non-hydrogen) atoms. The average Bonchev–Trinajstić information content (AvgIpc) is 2.54. The van der Waals surface area contributed by atoms with Gasteiger partial charge < -0.3 is 4.90 Å². The van der Waals surface area contributed by atoms with Crippen LogP contribution in [-0.2, 0) is 12.3 Å². The molecule has 2 aliphatic rings. The summed E-state index contributed by atoms with van der Waals surface area (Å²) in [6.07, 6.45) is 1.08. The molecule has 1 aliphatic heterocycles. The van der Waals surface area contributed by atoms with Gasteiger partial charge in [-0.3, -0.25) is 0 Å².